The van der Waals surface area contributed by atoms with Crippen LogP contribution in [0.25, 0.3) is 0 Å². The molecule has 0 bridgehead atoms. The van der Waals surface area contributed by atoms with Crippen molar-refractivity contribution >= 4 is 0 Å². The Morgan fingerprint density at radius 2 is 1.88 bits per heavy atom. The van der Waals surface area contributed by atoms with Gasteiger partial charge in [0.1, 0.15) is 0 Å². The summed E-state index contributed by atoms with van der Waals surface area (Å²) in [5.41, 5.74) is 1.53. The second-order valence-corrected chi connectivity index (χ2v) is 5.59. The predicted octanol–water partition coefficient (Wildman–Crippen LogP) is 1.99. The highest BCUT2D eigenvalue weighted by Crippen LogP contribution is 1.99. The van der Waals surface area contributed by atoms with Crippen LogP contribution in [0.15, 0.2) is 24.5 Å². The van der Waals surface area contributed by atoms with Gasteiger partial charge in [-0.05, 0) is 58.4 Å². The first kappa shape index (κ1) is 14.1. The monoisotopic (exact) mass is 235 g/mol. The highest BCUT2D eigenvalue weighted by atomic mass is 15.0. The molecule has 0 aliphatic heterocycles. The number of hydrogen-bond acceptors (Lipinski definition) is 3. The van der Waals surface area contributed by atoms with E-state index in [1.807, 2.05) is 12.4 Å². The number of nitrogens with one attached hydrogen (secondary N) is 2. The van der Waals surface area contributed by atoms with Crippen LogP contribution in [-0.2, 0) is 6.42 Å². The van der Waals surface area contributed by atoms with Gasteiger partial charge in [-0.15, -0.1) is 0 Å². The Morgan fingerprint density at radius 3 is 2.47 bits per heavy atom. The van der Waals surface area contributed by atoms with Crippen LogP contribution in [0.5, 0.6) is 0 Å². The largest absolute Gasteiger partial charge is 0.313 e. The first-order valence-corrected chi connectivity index (χ1v) is 6.35. The van der Waals surface area contributed by atoms with Crippen molar-refractivity contribution in [2.45, 2.75) is 45.7 Å². The lowest BCUT2D eigenvalue weighted by Gasteiger charge is -2.24. The van der Waals surface area contributed by atoms with E-state index in [0.717, 1.165) is 19.5 Å². The maximum atomic E-state index is 4.01. The average molecular weight is 235 g/mol. The summed E-state index contributed by atoms with van der Waals surface area (Å²) in [5, 5.41) is 7.02. The maximum Gasteiger partial charge on any atom is 0.0270 e. The first-order valence-electron chi connectivity index (χ1n) is 6.35. The van der Waals surface area contributed by atoms with E-state index in [1.54, 1.807) is 0 Å². The van der Waals surface area contributed by atoms with Gasteiger partial charge in [-0.2, -0.15) is 0 Å². The van der Waals surface area contributed by atoms with Crippen molar-refractivity contribution in [2.75, 3.05) is 13.1 Å². The lowest BCUT2D eigenvalue weighted by atomic mass is 10.1. The number of pyridine rings is 1. The highest BCUT2D eigenvalue weighted by molar-refractivity contribution is 5.09. The smallest absolute Gasteiger partial charge is 0.0270 e. The maximum absolute atomic E-state index is 4.01. The SMILES string of the molecule is CC(CNC(C)(C)C)NCCc1ccncc1. The zero-order valence-electron chi connectivity index (χ0n) is 11.5. The van der Waals surface area contributed by atoms with Crippen LogP contribution in [0, 0.1) is 0 Å². The van der Waals surface area contributed by atoms with E-state index in [-0.39, 0.29) is 5.54 Å². The standard InChI is InChI=1S/C14H25N3/c1-12(11-17-14(2,3)4)16-10-7-13-5-8-15-9-6-13/h5-6,8-9,12,16-17H,7,10-11H2,1-4H3. The molecule has 0 saturated carbocycles. The molecular formula is C14H25N3. The van der Waals surface area contributed by atoms with E-state index >= 15 is 0 Å². The van der Waals surface area contributed by atoms with Crippen molar-refractivity contribution in [1.82, 2.24) is 15.6 Å². The molecule has 17 heavy (non-hydrogen) atoms. The van der Waals surface area contributed by atoms with Crippen LogP contribution in [0.3, 0.4) is 0 Å². The fourth-order valence-electron chi connectivity index (χ4n) is 1.54. The summed E-state index contributed by atoms with van der Waals surface area (Å²) in [5.74, 6) is 0. The second kappa shape index (κ2) is 6.72. The van der Waals surface area contributed by atoms with Gasteiger partial charge in [0.15, 0.2) is 0 Å². The normalized spacial score (nSPS) is 13.6. The zero-order valence-corrected chi connectivity index (χ0v) is 11.5. The number of hydrogen-bond donors (Lipinski definition) is 2. The molecule has 1 rings (SSSR count). The third-order valence-corrected chi connectivity index (χ3v) is 2.59. The van der Waals surface area contributed by atoms with Crippen LogP contribution >= 0.6 is 0 Å². The van der Waals surface area contributed by atoms with Gasteiger partial charge in [0.2, 0.25) is 0 Å². The summed E-state index contributed by atoms with van der Waals surface area (Å²) < 4.78 is 0. The van der Waals surface area contributed by atoms with E-state index in [9.17, 15) is 0 Å². The molecule has 2 N–H and O–H groups in total. The van der Waals surface area contributed by atoms with Crippen molar-refractivity contribution in [1.29, 1.82) is 0 Å². The fourth-order valence-corrected chi connectivity index (χ4v) is 1.54. The molecule has 1 aromatic heterocycles. The minimum absolute atomic E-state index is 0.195. The molecule has 1 aromatic rings. The Morgan fingerprint density at radius 1 is 1.24 bits per heavy atom. The molecule has 0 aromatic carbocycles. The van der Waals surface area contributed by atoms with Gasteiger partial charge in [0.25, 0.3) is 0 Å². The second-order valence-electron chi connectivity index (χ2n) is 5.59. The molecule has 0 fully saturated rings. The van der Waals surface area contributed by atoms with Crippen molar-refractivity contribution in [3.05, 3.63) is 30.1 Å². The Balaban J connectivity index is 2.14. The first-order chi connectivity index (χ1) is 7.97. The van der Waals surface area contributed by atoms with Gasteiger partial charge in [-0.3, -0.25) is 4.98 Å². The Bertz CT molecular complexity index is 303. The molecule has 0 spiro atoms. The molecular weight excluding hydrogens is 210 g/mol. The van der Waals surface area contributed by atoms with Gasteiger partial charge in [-0.1, -0.05) is 0 Å². The van der Waals surface area contributed by atoms with Gasteiger partial charge < -0.3 is 10.6 Å². The predicted molar refractivity (Wildman–Crippen MR) is 73.2 cm³/mol. The summed E-state index contributed by atoms with van der Waals surface area (Å²) in [6.07, 6.45) is 4.75. The summed E-state index contributed by atoms with van der Waals surface area (Å²) >= 11 is 0. The third kappa shape index (κ3) is 7.08. The quantitative estimate of drug-likeness (QED) is 0.792. The highest BCUT2D eigenvalue weighted by Gasteiger charge is 2.10. The van der Waals surface area contributed by atoms with Crippen LogP contribution in [0.1, 0.15) is 33.3 Å². The van der Waals surface area contributed by atoms with Crippen LogP contribution < -0.4 is 10.6 Å². The van der Waals surface area contributed by atoms with Crippen molar-refractivity contribution in [3.8, 4) is 0 Å². The molecule has 0 amide bonds. The Kier molecular flexibility index (Phi) is 5.59. The molecule has 0 radical (unpaired) electrons. The average Bonchev–Trinajstić information content (AvgIpc) is 2.27. The number of aromatic nitrogens is 1. The van der Waals surface area contributed by atoms with Gasteiger partial charge in [0, 0.05) is 30.5 Å². The molecule has 0 saturated heterocycles. The third-order valence-electron chi connectivity index (χ3n) is 2.59. The summed E-state index contributed by atoms with van der Waals surface area (Å²) in [6, 6.07) is 4.63. The van der Waals surface area contributed by atoms with E-state index in [1.165, 1.54) is 5.56 Å². The number of nitrogens with zero attached hydrogens (tertiary/aromatic N) is 1. The summed E-state index contributed by atoms with van der Waals surface area (Å²) in [4.78, 5) is 4.01. The van der Waals surface area contributed by atoms with Gasteiger partial charge in [0.05, 0.1) is 0 Å². The topological polar surface area (TPSA) is 37.0 Å². The van der Waals surface area contributed by atoms with E-state index < -0.39 is 0 Å². The van der Waals surface area contributed by atoms with Gasteiger partial charge >= 0.3 is 0 Å². The summed E-state index contributed by atoms with van der Waals surface area (Å²) in [6.45, 7) is 10.8. The van der Waals surface area contributed by atoms with E-state index in [0.29, 0.717) is 6.04 Å². The molecule has 3 nitrogen and oxygen atoms in total. The fraction of sp³-hybridized carbons (Fsp3) is 0.643. The molecule has 0 aliphatic rings. The molecule has 1 atom stereocenters. The van der Waals surface area contributed by atoms with Crippen molar-refractivity contribution in [2.24, 2.45) is 0 Å². The molecule has 1 heterocycles. The Labute approximate surface area is 105 Å². The molecule has 0 aliphatic carbocycles. The zero-order chi connectivity index (χ0) is 12.7. The minimum atomic E-state index is 0.195. The lowest BCUT2D eigenvalue weighted by molar-refractivity contribution is 0.389. The van der Waals surface area contributed by atoms with Crippen LogP contribution in [0.4, 0.5) is 0 Å². The molecule has 3 heteroatoms. The lowest BCUT2D eigenvalue weighted by Crippen LogP contribution is -2.44. The van der Waals surface area contributed by atoms with Gasteiger partial charge in [-0.25, -0.2) is 0 Å². The van der Waals surface area contributed by atoms with E-state index in [4.69, 9.17) is 0 Å². The van der Waals surface area contributed by atoms with E-state index in [2.05, 4.69) is 55.4 Å². The van der Waals surface area contributed by atoms with Crippen LogP contribution in [0.2, 0.25) is 0 Å². The molecule has 96 valence electrons. The van der Waals surface area contributed by atoms with Crippen molar-refractivity contribution < 1.29 is 0 Å². The Hall–Kier alpha value is -0.930. The van der Waals surface area contributed by atoms with Crippen molar-refractivity contribution in [3.63, 3.8) is 0 Å². The van der Waals surface area contributed by atoms with Crippen LogP contribution in [-0.4, -0.2) is 29.7 Å². The molecule has 1 unspecified atom stereocenters. The minimum Gasteiger partial charge on any atom is -0.313 e. The number of rotatable bonds is 6. The summed E-state index contributed by atoms with van der Waals surface area (Å²) in [7, 11) is 0.